The molecule has 23 heavy (non-hydrogen) atoms. The van der Waals surface area contributed by atoms with Crippen molar-refractivity contribution in [2.45, 2.75) is 32.7 Å². The standard InChI is InChI=1S/C16H27N3O2.2ClH/c1-3-4-8-19-16(20)21-10-9-18-15(12-17)14-7-5-6-13(2)11-14;;/h5-7,11,15,18H,3-4,8-10,12,17H2,1-2H3,(H,19,20);2*1H. The van der Waals surface area contributed by atoms with Gasteiger partial charge in [0.25, 0.3) is 0 Å². The van der Waals surface area contributed by atoms with Gasteiger partial charge >= 0.3 is 6.09 Å². The number of hydrogen-bond acceptors (Lipinski definition) is 4. The van der Waals surface area contributed by atoms with E-state index in [-0.39, 0.29) is 36.9 Å². The van der Waals surface area contributed by atoms with Gasteiger partial charge in [-0.25, -0.2) is 4.79 Å². The largest absolute Gasteiger partial charge is 0.448 e. The second-order valence-electron chi connectivity index (χ2n) is 5.07. The van der Waals surface area contributed by atoms with Gasteiger partial charge in [-0.3, -0.25) is 0 Å². The highest BCUT2D eigenvalue weighted by Crippen LogP contribution is 2.12. The Morgan fingerprint density at radius 1 is 1.30 bits per heavy atom. The first-order valence-electron chi connectivity index (χ1n) is 7.58. The summed E-state index contributed by atoms with van der Waals surface area (Å²) in [5, 5.41) is 6.02. The molecule has 0 saturated heterocycles. The molecule has 0 aliphatic carbocycles. The minimum Gasteiger partial charge on any atom is -0.448 e. The number of rotatable bonds is 9. The summed E-state index contributed by atoms with van der Waals surface area (Å²) in [6, 6.07) is 8.32. The van der Waals surface area contributed by atoms with Crippen molar-refractivity contribution in [3.8, 4) is 0 Å². The lowest BCUT2D eigenvalue weighted by Gasteiger charge is -2.17. The molecule has 4 N–H and O–H groups in total. The highest BCUT2D eigenvalue weighted by molar-refractivity contribution is 5.85. The van der Waals surface area contributed by atoms with E-state index < -0.39 is 0 Å². The number of alkyl carbamates (subject to hydrolysis) is 1. The maximum absolute atomic E-state index is 11.4. The minimum atomic E-state index is -0.356. The number of carbonyl (C=O) groups is 1. The molecular formula is C16H29Cl2N3O2. The first-order valence-corrected chi connectivity index (χ1v) is 7.58. The Morgan fingerprint density at radius 2 is 2.04 bits per heavy atom. The molecule has 1 rings (SSSR count). The number of carbonyl (C=O) groups excluding carboxylic acids is 1. The van der Waals surface area contributed by atoms with E-state index in [1.54, 1.807) is 0 Å². The van der Waals surface area contributed by atoms with Crippen molar-refractivity contribution >= 4 is 30.9 Å². The number of aryl methyl sites for hydroxylation is 1. The molecule has 0 spiro atoms. The van der Waals surface area contributed by atoms with E-state index in [1.807, 2.05) is 6.07 Å². The predicted molar refractivity (Wildman–Crippen MR) is 99.7 cm³/mol. The third-order valence-corrected chi connectivity index (χ3v) is 3.21. The Morgan fingerprint density at radius 3 is 2.65 bits per heavy atom. The number of nitrogens with one attached hydrogen (secondary N) is 2. The topological polar surface area (TPSA) is 76.4 Å². The lowest BCUT2D eigenvalue weighted by atomic mass is 10.0. The summed E-state index contributed by atoms with van der Waals surface area (Å²) >= 11 is 0. The third-order valence-electron chi connectivity index (χ3n) is 3.21. The molecular weight excluding hydrogens is 337 g/mol. The molecule has 0 aromatic heterocycles. The first-order chi connectivity index (χ1) is 10.2. The Hall–Kier alpha value is -1.01. The Labute approximate surface area is 151 Å². The lowest BCUT2D eigenvalue weighted by molar-refractivity contribution is 0.145. The van der Waals surface area contributed by atoms with Crippen molar-refractivity contribution in [1.82, 2.24) is 10.6 Å². The average Bonchev–Trinajstić information content (AvgIpc) is 2.47. The number of amides is 1. The molecule has 0 aliphatic heterocycles. The van der Waals surface area contributed by atoms with Crippen LogP contribution in [0, 0.1) is 6.92 Å². The minimum absolute atomic E-state index is 0. The molecule has 0 saturated carbocycles. The molecule has 1 unspecified atom stereocenters. The molecule has 7 heteroatoms. The summed E-state index contributed by atoms with van der Waals surface area (Å²) < 4.78 is 5.09. The van der Waals surface area contributed by atoms with Gasteiger partial charge in [0.2, 0.25) is 0 Å². The van der Waals surface area contributed by atoms with Crippen LogP contribution in [0.2, 0.25) is 0 Å². The van der Waals surface area contributed by atoms with Crippen molar-refractivity contribution in [3.05, 3.63) is 35.4 Å². The highest BCUT2D eigenvalue weighted by Gasteiger charge is 2.09. The Balaban J connectivity index is 0. The Bertz CT molecular complexity index is 434. The van der Waals surface area contributed by atoms with Crippen LogP contribution in [0.5, 0.6) is 0 Å². The SMILES string of the molecule is CCCCNC(=O)OCCNC(CN)c1cccc(C)c1.Cl.Cl. The van der Waals surface area contributed by atoms with E-state index >= 15 is 0 Å². The van der Waals surface area contributed by atoms with Crippen molar-refractivity contribution in [2.24, 2.45) is 5.73 Å². The summed E-state index contributed by atoms with van der Waals surface area (Å²) in [6.07, 6.45) is 1.66. The number of nitrogens with two attached hydrogens (primary N) is 1. The van der Waals surface area contributed by atoms with Gasteiger partial charge in [-0.1, -0.05) is 43.2 Å². The van der Waals surface area contributed by atoms with E-state index in [4.69, 9.17) is 10.5 Å². The van der Waals surface area contributed by atoms with Crippen LogP contribution < -0.4 is 16.4 Å². The van der Waals surface area contributed by atoms with Crippen LogP contribution in [0.1, 0.15) is 36.9 Å². The summed E-state index contributed by atoms with van der Waals surface area (Å²) in [5.41, 5.74) is 8.16. The zero-order valence-corrected chi connectivity index (χ0v) is 15.5. The van der Waals surface area contributed by atoms with Crippen molar-refractivity contribution in [3.63, 3.8) is 0 Å². The fraction of sp³-hybridized carbons (Fsp3) is 0.562. The molecule has 1 aromatic carbocycles. The van der Waals surface area contributed by atoms with Crippen LogP contribution in [0.25, 0.3) is 0 Å². The molecule has 0 bridgehead atoms. The molecule has 0 fully saturated rings. The van der Waals surface area contributed by atoms with Crippen LogP contribution in [0.3, 0.4) is 0 Å². The van der Waals surface area contributed by atoms with E-state index in [0.29, 0.717) is 26.2 Å². The maximum atomic E-state index is 11.4. The number of benzene rings is 1. The normalized spacial score (nSPS) is 10.9. The molecule has 134 valence electrons. The van der Waals surface area contributed by atoms with E-state index in [9.17, 15) is 4.79 Å². The van der Waals surface area contributed by atoms with Gasteiger partial charge in [0.15, 0.2) is 0 Å². The molecule has 0 heterocycles. The van der Waals surface area contributed by atoms with Gasteiger partial charge in [-0.2, -0.15) is 0 Å². The second-order valence-corrected chi connectivity index (χ2v) is 5.07. The second kappa shape index (κ2) is 14.6. The summed E-state index contributed by atoms with van der Waals surface area (Å²) in [7, 11) is 0. The van der Waals surface area contributed by atoms with Gasteiger partial charge in [0.05, 0.1) is 0 Å². The molecule has 0 radical (unpaired) electrons. The van der Waals surface area contributed by atoms with Gasteiger partial charge in [-0.15, -0.1) is 24.8 Å². The van der Waals surface area contributed by atoms with Crippen molar-refractivity contribution in [2.75, 3.05) is 26.2 Å². The van der Waals surface area contributed by atoms with Crippen molar-refractivity contribution in [1.29, 1.82) is 0 Å². The number of ether oxygens (including phenoxy) is 1. The fourth-order valence-corrected chi connectivity index (χ4v) is 2.02. The van der Waals surface area contributed by atoms with Crippen molar-refractivity contribution < 1.29 is 9.53 Å². The average molecular weight is 366 g/mol. The van der Waals surface area contributed by atoms with Crippen LogP contribution in [0.4, 0.5) is 4.79 Å². The third kappa shape index (κ3) is 10.4. The van der Waals surface area contributed by atoms with Crippen LogP contribution in [0.15, 0.2) is 24.3 Å². The summed E-state index contributed by atoms with van der Waals surface area (Å²) in [4.78, 5) is 11.4. The zero-order valence-electron chi connectivity index (χ0n) is 13.8. The highest BCUT2D eigenvalue weighted by atomic mass is 35.5. The van der Waals surface area contributed by atoms with Gasteiger partial charge in [-0.05, 0) is 18.9 Å². The molecule has 1 amide bonds. The smallest absolute Gasteiger partial charge is 0.407 e. The zero-order chi connectivity index (χ0) is 15.5. The lowest BCUT2D eigenvalue weighted by Crippen LogP contribution is -2.33. The first kappa shape index (κ1) is 24.2. The van der Waals surface area contributed by atoms with Gasteiger partial charge < -0.3 is 21.1 Å². The molecule has 1 aromatic rings. The number of hydrogen-bond donors (Lipinski definition) is 3. The van der Waals surface area contributed by atoms with Crippen LogP contribution in [-0.2, 0) is 4.74 Å². The van der Waals surface area contributed by atoms with E-state index in [2.05, 4.69) is 42.7 Å². The number of unbranched alkanes of at least 4 members (excludes halogenated alkanes) is 1. The predicted octanol–water partition coefficient (Wildman–Crippen LogP) is 2.95. The quantitative estimate of drug-likeness (QED) is 0.588. The molecule has 5 nitrogen and oxygen atoms in total. The molecule has 1 atom stereocenters. The van der Waals surface area contributed by atoms with Gasteiger partial charge in [0.1, 0.15) is 6.61 Å². The van der Waals surface area contributed by atoms with Crippen LogP contribution >= 0.6 is 24.8 Å². The monoisotopic (exact) mass is 365 g/mol. The van der Waals surface area contributed by atoms with E-state index in [0.717, 1.165) is 18.4 Å². The number of halogens is 2. The van der Waals surface area contributed by atoms with E-state index in [1.165, 1.54) is 5.56 Å². The Kier molecular flexibility index (Phi) is 15.4. The molecule has 0 aliphatic rings. The summed E-state index contributed by atoms with van der Waals surface area (Å²) in [5.74, 6) is 0. The summed E-state index contributed by atoms with van der Waals surface area (Å²) in [6.45, 7) is 6.22. The fourth-order valence-electron chi connectivity index (χ4n) is 2.02. The maximum Gasteiger partial charge on any atom is 0.407 e. The van der Waals surface area contributed by atoms with Crippen LogP contribution in [-0.4, -0.2) is 32.3 Å². The van der Waals surface area contributed by atoms with Gasteiger partial charge in [0, 0.05) is 25.7 Å².